The minimum atomic E-state index is -4.09. The quantitative estimate of drug-likeness (QED) is 0.489. The average Bonchev–Trinajstić information content (AvgIpc) is 2.29. The van der Waals surface area contributed by atoms with Gasteiger partial charge in [-0.1, -0.05) is 22.6 Å². The summed E-state index contributed by atoms with van der Waals surface area (Å²) in [5.41, 5.74) is -0.168. The van der Waals surface area contributed by atoms with E-state index in [9.17, 15) is 13.2 Å². The molecule has 1 unspecified atom stereocenters. The van der Waals surface area contributed by atoms with Gasteiger partial charge in [0.15, 0.2) is 0 Å². The summed E-state index contributed by atoms with van der Waals surface area (Å²) in [6.45, 7) is 6.50. The van der Waals surface area contributed by atoms with Crippen molar-refractivity contribution < 1.29 is 13.2 Å². The largest absolute Gasteiger partial charge is 0.404 e. The van der Waals surface area contributed by atoms with Crippen LogP contribution in [0.4, 0.5) is 13.2 Å². The van der Waals surface area contributed by atoms with Gasteiger partial charge in [-0.3, -0.25) is 4.90 Å². The average molecular weight is 321 g/mol. The summed E-state index contributed by atoms with van der Waals surface area (Å²) >= 11 is 1.56. The van der Waals surface area contributed by atoms with Gasteiger partial charge in [-0.05, 0) is 27.2 Å². The molecule has 0 aliphatic carbocycles. The normalized spacial score (nSPS) is 31.1. The maximum Gasteiger partial charge on any atom is 0.404 e. The molecule has 1 heterocycles. The van der Waals surface area contributed by atoms with Crippen molar-refractivity contribution in [2.24, 2.45) is 0 Å². The number of hydrogen-bond donors (Lipinski definition) is 0. The predicted molar refractivity (Wildman–Crippen MR) is 58.7 cm³/mol. The second-order valence-corrected chi connectivity index (χ2v) is 6.87. The third kappa shape index (κ3) is 2.35. The lowest BCUT2D eigenvalue weighted by Gasteiger charge is -2.33. The number of rotatable bonds is 0. The first-order valence-electron chi connectivity index (χ1n) is 4.57. The van der Waals surface area contributed by atoms with Crippen LogP contribution < -0.4 is 0 Å². The van der Waals surface area contributed by atoms with Crippen LogP contribution in [0.15, 0.2) is 0 Å². The number of nitrogens with zero attached hydrogens (tertiary/aromatic N) is 1. The molecule has 14 heavy (non-hydrogen) atoms. The molecule has 84 valence electrons. The fraction of sp³-hybridized carbons (Fsp3) is 1.00. The second kappa shape index (κ2) is 3.50. The van der Waals surface area contributed by atoms with Crippen molar-refractivity contribution in [1.82, 2.24) is 4.90 Å². The maximum absolute atomic E-state index is 12.7. The Kier molecular flexibility index (Phi) is 3.14. The summed E-state index contributed by atoms with van der Waals surface area (Å²) < 4.78 is 36.5. The van der Waals surface area contributed by atoms with Crippen LogP contribution in [-0.2, 0) is 0 Å². The number of likely N-dealkylation sites (tertiary alicyclic amines) is 1. The molecule has 1 saturated heterocycles. The molecule has 1 fully saturated rings. The smallest absolute Gasteiger partial charge is 0.297 e. The third-order valence-corrected chi connectivity index (χ3v) is 4.17. The van der Waals surface area contributed by atoms with Crippen LogP contribution >= 0.6 is 22.6 Å². The number of alkyl halides is 4. The summed E-state index contributed by atoms with van der Waals surface area (Å²) in [6.07, 6.45) is -3.89. The van der Waals surface area contributed by atoms with Gasteiger partial charge in [0.2, 0.25) is 0 Å². The van der Waals surface area contributed by atoms with Crippen molar-refractivity contribution in [3.63, 3.8) is 0 Å². The minimum absolute atomic E-state index is 0.112. The summed E-state index contributed by atoms with van der Waals surface area (Å²) in [5.74, 6) is 0. The van der Waals surface area contributed by atoms with E-state index in [1.807, 2.05) is 25.7 Å². The van der Waals surface area contributed by atoms with Crippen molar-refractivity contribution in [3.05, 3.63) is 0 Å². The maximum atomic E-state index is 12.7. The Morgan fingerprint density at radius 2 is 1.71 bits per heavy atom. The Bertz CT molecular complexity index is 221. The van der Waals surface area contributed by atoms with Crippen molar-refractivity contribution >= 4 is 22.6 Å². The highest BCUT2D eigenvalue weighted by atomic mass is 127. The molecule has 1 rings (SSSR count). The fourth-order valence-corrected chi connectivity index (χ4v) is 2.23. The first-order chi connectivity index (χ1) is 6.06. The molecular weight excluding hydrogens is 306 g/mol. The molecule has 1 aliphatic rings. The topological polar surface area (TPSA) is 3.24 Å². The Morgan fingerprint density at radius 3 is 1.93 bits per heavy atom. The van der Waals surface area contributed by atoms with Crippen molar-refractivity contribution in [2.75, 3.05) is 13.1 Å². The molecular formula is C9H15F3IN. The molecule has 0 bridgehead atoms. The molecule has 1 aliphatic heterocycles. The Balaban J connectivity index is 2.75. The van der Waals surface area contributed by atoms with E-state index in [0.29, 0.717) is 6.54 Å². The van der Waals surface area contributed by atoms with E-state index in [1.54, 1.807) is 22.6 Å². The van der Waals surface area contributed by atoms with E-state index in [1.165, 1.54) is 0 Å². The lowest BCUT2D eigenvalue weighted by Crippen LogP contribution is -2.46. The zero-order valence-corrected chi connectivity index (χ0v) is 10.7. The highest BCUT2D eigenvalue weighted by molar-refractivity contribution is 14.1. The van der Waals surface area contributed by atoms with Crippen molar-refractivity contribution in [2.45, 2.75) is 42.3 Å². The van der Waals surface area contributed by atoms with Gasteiger partial charge in [-0.25, -0.2) is 0 Å². The highest BCUT2D eigenvalue weighted by Gasteiger charge is 2.57. The molecule has 0 spiro atoms. The zero-order chi connectivity index (χ0) is 11.2. The fourth-order valence-electron chi connectivity index (χ4n) is 1.58. The van der Waals surface area contributed by atoms with Crippen LogP contribution in [0.1, 0.15) is 27.2 Å². The van der Waals surface area contributed by atoms with Gasteiger partial charge in [-0.15, -0.1) is 0 Å². The van der Waals surface area contributed by atoms with E-state index in [-0.39, 0.29) is 18.5 Å². The van der Waals surface area contributed by atoms with Gasteiger partial charge in [-0.2, -0.15) is 13.2 Å². The van der Waals surface area contributed by atoms with Crippen LogP contribution in [0.3, 0.4) is 0 Å². The van der Waals surface area contributed by atoms with Crippen molar-refractivity contribution in [1.29, 1.82) is 0 Å². The van der Waals surface area contributed by atoms with Gasteiger partial charge < -0.3 is 0 Å². The lowest BCUT2D eigenvalue weighted by molar-refractivity contribution is -0.151. The standard InChI is InChI=1S/C9H15F3IN/c1-7(2,3)14-5-4-8(13,6-14)9(10,11)12/h4-6H2,1-3H3. The molecule has 0 amide bonds. The lowest BCUT2D eigenvalue weighted by atomic mass is 10.1. The molecule has 1 atom stereocenters. The van der Waals surface area contributed by atoms with Gasteiger partial charge in [0.1, 0.15) is 3.42 Å². The third-order valence-electron chi connectivity index (χ3n) is 2.68. The first kappa shape index (κ1) is 12.5. The van der Waals surface area contributed by atoms with Crippen LogP contribution in [-0.4, -0.2) is 33.1 Å². The van der Waals surface area contributed by atoms with Gasteiger partial charge in [0, 0.05) is 18.6 Å². The summed E-state index contributed by atoms with van der Waals surface area (Å²) in [5, 5.41) is 0. The summed E-state index contributed by atoms with van der Waals surface area (Å²) in [4.78, 5) is 1.90. The first-order valence-corrected chi connectivity index (χ1v) is 5.65. The molecule has 0 aromatic carbocycles. The molecule has 0 N–H and O–H groups in total. The predicted octanol–water partition coefficient (Wildman–Crippen LogP) is 3.23. The van der Waals surface area contributed by atoms with Gasteiger partial charge in [0.25, 0.3) is 0 Å². The number of halogens is 4. The van der Waals surface area contributed by atoms with Gasteiger partial charge >= 0.3 is 6.18 Å². The van der Waals surface area contributed by atoms with Crippen LogP contribution in [0.2, 0.25) is 0 Å². The van der Waals surface area contributed by atoms with Crippen LogP contribution in [0.5, 0.6) is 0 Å². The summed E-state index contributed by atoms with van der Waals surface area (Å²) in [7, 11) is 0. The van der Waals surface area contributed by atoms with E-state index in [0.717, 1.165) is 0 Å². The minimum Gasteiger partial charge on any atom is -0.297 e. The molecule has 5 heteroatoms. The Morgan fingerprint density at radius 1 is 1.21 bits per heavy atom. The Labute approximate surface area is 96.2 Å². The zero-order valence-electron chi connectivity index (χ0n) is 8.58. The van der Waals surface area contributed by atoms with Gasteiger partial charge in [0.05, 0.1) is 0 Å². The second-order valence-electron chi connectivity index (χ2n) is 4.81. The molecule has 0 aromatic rings. The van der Waals surface area contributed by atoms with E-state index >= 15 is 0 Å². The Hall–Kier alpha value is 0.480. The van der Waals surface area contributed by atoms with E-state index in [4.69, 9.17) is 0 Å². The van der Waals surface area contributed by atoms with E-state index < -0.39 is 9.60 Å². The van der Waals surface area contributed by atoms with Crippen LogP contribution in [0, 0.1) is 0 Å². The molecule has 0 aromatic heterocycles. The van der Waals surface area contributed by atoms with Crippen molar-refractivity contribution in [3.8, 4) is 0 Å². The molecule has 0 radical (unpaired) electrons. The highest BCUT2D eigenvalue weighted by Crippen LogP contribution is 2.46. The summed E-state index contributed by atoms with van der Waals surface area (Å²) in [6, 6.07) is 0. The monoisotopic (exact) mass is 321 g/mol. The SMILES string of the molecule is CC(C)(C)N1CCC(I)(C(F)(F)F)C1. The molecule has 1 nitrogen and oxygen atoms in total. The number of hydrogen-bond acceptors (Lipinski definition) is 1. The van der Waals surface area contributed by atoms with E-state index in [2.05, 4.69) is 0 Å². The molecule has 0 saturated carbocycles. The van der Waals surface area contributed by atoms with Crippen LogP contribution in [0.25, 0.3) is 0 Å².